The van der Waals surface area contributed by atoms with E-state index in [2.05, 4.69) is 37.5 Å². The number of fused-ring (bicyclic) bond motifs is 1. The number of aromatic amines is 1. The van der Waals surface area contributed by atoms with Crippen molar-refractivity contribution < 1.29 is 0 Å². The van der Waals surface area contributed by atoms with Gasteiger partial charge < -0.3 is 4.98 Å². The number of rotatable bonds is 4. The van der Waals surface area contributed by atoms with Crippen LogP contribution in [0, 0.1) is 6.92 Å². The monoisotopic (exact) mass is 406 g/mol. The van der Waals surface area contributed by atoms with Gasteiger partial charge in [0.1, 0.15) is 6.04 Å². The number of hydrogen-bond donors (Lipinski definition) is 1. The van der Waals surface area contributed by atoms with Gasteiger partial charge in [-0.05, 0) is 73.1 Å². The molecule has 7 nitrogen and oxygen atoms in total. The highest BCUT2D eigenvalue weighted by Gasteiger charge is 2.33. The number of tetrazole rings is 1. The van der Waals surface area contributed by atoms with Gasteiger partial charge in [-0.2, -0.15) is 0 Å². The molecule has 2 aromatic heterocycles. The molecule has 3 heterocycles. The first-order chi connectivity index (χ1) is 14.7. The maximum Gasteiger partial charge on any atom is 0.253 e. The van der Waals surface area contributed by atoms with E-state index in [1.165, 1.54) is 25.7 Å². The van der Waals surface area contributed by atoms with Crippen molar-refractivity contribution in [1.82, 2.24) is 30.1 Å². The van der Waals surface area contributed by atoms with Gasteiger partial charge in [0, 0.05) is 5.56 Å². The zero-order valence-corrected chi connectivity index (χ0v) is 17.7. The Hall–Kier alpha value is -2.54. The number of para-hydroxylation sites is 1. The van der Waals surface area contributed by atoms with Crippen LogP contribution in [0.4, 0.5) is 0 Å². The summed E-state index contributed by atoms with van der Waals surface area (Å²) in [5.41, 5.74) is 2.71. The summed E-state index contributed by atoms with van der Waals surface area (Å²) in [4.78, 5) is 18.8. The van der Waals surface area contributed by atoms with Crippen LogP contribution in [-0.4, -0.2) is 43.2 Å². The van der Waals surface area contributed by atoms with Crippen LogP contribution >= 0.6 is 0 Å². The predicted octanol–water partition coefficient (Wildman–Crippen LogP) is 3.90. The lowest BCUT2D eigenvalue weighted by atomic mass is 9.94. The molecule has 1 aliphatic carbocycles. The molecule has 0 spiro atoms. The Balaban J connectivity index is 1.64. The van der Waals surface area contributed by atoms with Crippen LogP contribution in [0.5, 0.6) is 0 Å². The molecule has 1 saturated carbocycles. The summed E-state index contributed by atoms with van der Waals surface area (Å²) in [5.74, 6) is 0.821. The lowest BCUT2D eigenvalue weighted by Crippen LogP contribution is -2.39. The molecule has 1 aliphatic heterocycles. The zero-order chi connectivity index (χ0) is 20.5. The summed E-state index contributed by atoms with van der Waals surface area (Å²) in [5, 5.41) is 14.0. The number of pyridine rings is 1. The number of likely N-dealkylation sites (tertiary alicyclic amines) is 1. The fraction of sp³-hybridized carbons (Fsp3) is 0.565. The fourth-order valence-electron chi connectivity index (χ4n) is 5.25. The van der Waals surface area contributed by atoms with E-state index in [1.807, 2.05) is 23.7 Å². The van der Waals surface area contributed by atoms with E-state index in [-0.39, 0.29) is 11.6 Å². The van der Waals surface area contributed by atoms with E-state index < -0.39 is 0 Å². The van der Waals surface area contributed by atoms with Crippen molar-refractivity contribution >= 4 is 10.9 Å². The van der Waals surface area contributed by atoms with Crippen LogP contribution in [-0.2, 0) is 0 Å². The van der Waals surface area contributed by atoms with Gasteiger partial charge in [-0.25, -0.2) is 4.68 Å². The van der Waals surface area contributed by atoms with E-state index in [9.17, 15) is 4.79 Å². The number of aromatic nitrogens is 5. The van der Waals surface area contributed by atoms with Crippen molar-refractivity contribution in [2.24, 2.45) is 0 Å². The average molecular weight is 407 g/mol. The quantitative estimate of drug-likeness (QED) is 0.711. The normalized spacial score (nSPS) is 19.9. The molecule has 0 radical (unpaired) electrons. The molecular weight excluding hydrogens is 376 g/mol. The first-order valence-corrected chi connectivity index (χ1v) is 11.4. The molecule has 2 fully saturated rings. The van der Waals surface area contributed by atoms with Gasteiger partial charge in [0.2, 0.25) is 0 Å². The predicted molar refractivity (Wildman–Crippen MR) is 117 cm³/mol. The van der Waals surface area contributed by atoms with E-state index in [0.717, 1.165) is 66.6 Å². The topological polar surface area (TPSA) is 79.7 Å². The van der Waals surface area contributed by atoms with Gasteiger partial charge in [-0.3, -0.25) is 9.69 Å². The van der Waals surface area contributed by atoms with Crippen molar-refractivity contribution in [3.63, 3.8) is 0 Å². The summed E-state index contributed by atoms with van der Waals surface area (Å²) in [7, 11) is 0. The largest absolute Gasteiger partial charge is 0.321 e. The van der Waals surface area contributed by atoms with Crippen molar-refractivity contribution in [2.75, 3.05) is 13.1 Å². The third-order valence-corrected chi connectivity index (χ3v) is 6.85. The van der Waals surface area contributed by atoms with Crippen LogP contribution < -0.4 is 5.56 Å². The molecule has 3 aromatic rings. The van der Waals surface area contributed by atoms with Crippen LogP contribution in [0.2, 0.25) is 0 Å². The Morgan fingerprint density at radius 2 is 1.83 bits per heavy atom. The highest BCUT2D eigenvalue weighted by atomic mass is 16.1. The van der Waals surface area contributed by atoms with Gasteiger partial charge in [0.25, 0.3) is 5.56 Å². The summed E-state index contributed by atoms with van der Waals surface area (Å²) in [6.07, 6.45) is 9.47. The summed E-state index contributed by atoms with van der Waals surface area (Å²) in [6.45, 7) is 3.96. The standard InChI is InChI=1S/C23H30N6O/c1-16-9-8-10-17-15-19(23(30)24-20(16)17)21(28-13-6-3-7-14-28)22-25-26-27-29(22)18-11-4-2-5-12-18/h8-10,15,18,21H,2-7,11-14H2,1H3,(H,24,30)/t21-/m1/s1. The molecular formula is C23H30N6O. The number of nitrogens with one attached hydrogen (secondary N) is 1. The van der Waals surface area contributed by atoms with Gasteiger partial charge in [-0.15, -0.1) is 5.10 Å². The third kappa shape index (κ3) is 3.55. The minimum Gasteiger partial charge on any atom is -0.321 e. The summed E-state index contributed by atoms with van der Waals surface area (Å²) >= 11 is 0. The second-order valence-electron chi connectivity index (χ2n) is 8.87. The Morgan fingerprint density at radius 3 is 2.63 bits per heavy atom. The lowest BCUT2D eigenvalue weighted by Gasteiger charge is -2.34. The zero-order valence-electron chi connectivity index (χ0n) is 17.7. The molecule has 0 amide bonds. The van der Waals surface area contributed by atoms with Crippen LogP contribution in [0.1, 0.15) is 80.4 Å². The molecule has 1 aromatic carbocycles. The fourth-order valence-corrected chi connectivity index (χ4v) is 5.25. The Kier molecular flexibility index (Phi) is 5.37. The van der Waals surface area contributed by atoms with E-state index >= 15 is 0 Å². The van der Waals surface area contributed by atoms with Gasteiger partial charge >= 0.3 is 0 Å². The van der Waals surface area contributed by atoms with Crippen molar-refractivity contribution in [2.45, 2.75) is 70.4 Å². The van der Waals surface area contributed by atoms with Crippen molar-refractivity contribution in [1.29, 1.82) is 0 Å². The molecule has 1 N–H and O–H groups in total. The smallest absolute Gasteiger partial charge is 0.253 e. The number of benzene rings is 1. The molecule has 0 unspecified atom stereocenters. The van der Waals surface area contributed by atoms with Crippen LogP contribution in [0.15, 0.2) is 29.1 Å². The van der Waals surface area contributed by atoms with Gasteiger partial charge in [0.05, 0.1) is 11.6 Å². The van der Waals surface area contributed by atoms with Gasteiger partial charge in [-0.1, -0.05) is 43.9 Å². The summed E-state index contributed by atoms with van der Waals surface area (Å²) < 4.78 is 2.03. The van der Waals surface area contributed by atoms with E-state index in [4.69, 9.17) is 0 Å². The molecule has 5 rings (SSSR count). The SMILES string of the molecule is Cc1cccc2cc([C@H](c3nnnn3C3CCCCC3)N3CCCCC3)c(=O)[nH]c12. The van der Waals surface area contributed by atoms with E-state index in [1.54, 1.807) is 0 Å². The molecule has 2 aliphatic rings. The van der Waals surface area contributed by atoms with Crippen molar-refractivity contribution in [3.8, 4) is 0 Å². The molecule has 0 bridgehead atoms. The Bertz CT molecular complexity index is 1070. The second kappa shape index (κ2) is 8.30. The third-order valence-electron chi connectivity index (χ3n) is 6.85. The highest BCUT2D eigenvalue weighted by Crippen LogP contribution is 2.34. The maximum atomic E-state index is 13.3. The highest BCUT2D eigenvalue weighted by molar-refractivity contribution is 5.82. The first-order valence-electron chi connectivity index (χ1n) is 11.4. The van der Waals surface area contributed by atoms with Crippen LogP contribution in [0.3, 0.4) is 0 Å². The number of nitrogens with zero attached hydrogens (tertiary/aromatic N) is 5. The molecule has 30 heavy (non-hydrogen) atoms. The average Bonchev–Trinajstić information content (AvgIpc) is 3.26. The number of piperidine rings is 1. The summed E-state index contributed by atoms with van der Waals surface area (Å²) in [6, 6.07) is 8.32. The molecule has 7 heteroatoms. The Labute approximate surface area is 176 Å². The molecule has 1 atom stereocenters. The number of aryl methyl sites for hydroxylation is 1. The second-order valence-corrected chi connectivity index (χ2v) is 8.87. The minimum atomic E-state index is -0.212. The number of H-pyrrole nitrogens is 1. The van der Waals surface area contributed by atoms with Gasteiger partial charge in [0.15, 0.2) is 5.82 Å². The lowest BCUT2D eigenvalue weighted by molar-refractivity contribution is 0.171. The molecule has 158 valence electrons. The Morgan fingerprint density at radius 1 is 1.07 bits per heavy atom. The molecule has 1 saturated heterocycles. The minimum absolute atomic E-state index is 0.0365. The maximum absolute atomic E-state index is 13.3. The first kappa shape index (κ1) is 19.4. The van der Waals surface area contributed by atoms with Crippen molar-refractivity contribution in [3.05, 3.63) is 51.6 Å². The van der Waals surface area contributed by atoms with Crippen LogP contribution in [0.25, 0.3) is 10.9 Å². The van der Waals surface area contributed by atoms with E-state index in [0.29, 0.717) is 6.04 Å². The number of hydrogen-bond acceptors (Lipinski definition) is 5.